The van der Waals surface area contributed by atoms with Crippen LogP contribution in [0.2, 0.25) is 0 Å². The molecule has 14 heteroatoms. The maximum atomic E-state index is 13.5. The predicted octanol–water partition coefficient (Wildman–Crippen LogP) is 5.57. The Hall–Kier alpha value is -4.92. The Balaban J connectivity index is 1.45. The fraction of sp³-hybridized carbons (Fsp3) is 0.212. The van der Waals surface area contributed by atoms with Crippen LogP contribution in [0.1, 0.15) is 27.1 Å². The van der Waals surface area contributed by atoms with Gasteiger partial charge in [0, 0.05) is 34.9 Å². The first-order valence-electron chi connectivity index (χ1n) is 14.6. The number of anilines is 1. The van der Waals surface area contributed by atoms with Gasteiger partial charge in [0.1, 0.15) is 23.8 Å². The van der Waals surface area contributed by atoms with E-state index in [2.05, 4.69) is 5.32 Å². The molecule has 2 N–H and O–H groups in total. The van der Waals surface area contributed by atoms with E-state index < -0.39 is 37.4 Å². The molecule has 4 aromatic carbocycles. The van der Waals surface area contributed by atoms with Crippen molar-refractivity contribution in [3.63, 3.8) is 0 Å². The lowest BCUT2D eigenvalue weighted by atomic mass is 10.1. The second-order valence-electron chi connectivity index (χ2n) is 10.7. The van der Waals surface area contributed by atoms with Crippen LogP contribution in [0.15, 0.2) is 107 Å². The molecule has 0 spiro atoms. The predicted molar refractivity (Wildman–Crippen MR) is 178 cm³/mol. The average molecular weight is 677 g/mol. The third kappa shape index (κ3) is 8.87. The summed E-state index contributed by atoms with van der Waals surface area (Å²) in [5, 5.41) is 15.5. The topological polar surface area (TPSA) is 157 Å². The summed E-state index contributed by atoms with van der Waals surface area (Å²) >= 11 is 1.55. The molecule has 0 saturated heterocycles. The molecule has 244 valence electrons. The zero-order valence-corrected chi connectivity index (χ0v) is 27.0. The Labute approximate surface area is 276 Å². The minimum absolute atomic E-state index is 0.0128. The van der Waals surface area contributed by atoms with Gasteiger partial charge in [0.2, 0.25) is 0 Å². The lowest BCUT2D eigenvalue weighted by molar-refractivity contribution is -0.384. The van der Waals surface area contributed by atoms with Gasteiger partial charge in [-0.1, -0.05) is 42.5 Å². The Morgan fingerprint density at radius 2 is 1.72 bits per heavy atom. The van der Waals surface area contributed by atoms with E-state index in [0.29, 0.717) is 36.8 Å². The molecule has 0 fully saturated rings. The average Bonchev–Trinajstić information content (AvgIpc) is 3.08. The molecule has 1 aliphatic heterocycles. The number of thioether (sulfide) groups is 1. The maximum Gasteiger partial charge on any atom is 0.340 e. The van der Waals surface area contributed by atoms with Crippen LogP contribution in [0.5, 0.6) is 11.5 Å². The van der Waals surface area contributed by atoms with Gasteiger partial charge in [-0.15, -0.1) is 11.8 Å². The van der Waals surface area contributed by atoms with Gasteiger partial charge in [-0.3, -0.25) is 14.9 Å². The number of likely N-dealkylation sites (N-methyl/N-ethyl adjacent to an activating group) is 1. The van der Waals surface area contributed by atoms with Crippen molar-refractivity contribution in [3.05, 3.63) is 118 Å². The van der Waals surface area contributed by atoms with Crippen molar-refractivity contribution in [2.45, 2.75) is 22.3 Å². The Kier molecular flexibility index (Phi) is 10.8. The van der Waals surface area contributed by atoms with E-state index in [9.17, 15) is 28.1 Å². The summed E-state index contributed by atoms with van der Waals surface area (Å²) < 4.78 is 40.1. The summed E-state index contributed by atoms with van der Waals surface area (Å²) in [6, 6.07) is 25.8. The first-order valence-corrected chi connectivity index (χ1v) is 17.1. The van der Waals surface area contributed by atoms with E-state index in [0.717, 1.165) is 17.0 Å². The zero-order valence-electron chi connectivity index (χ0n) is 25.3. The minimum atomic E-state index is -4.70. The highest BCUT2D eigenvalue weighted by Crippen LogP contribution is 2.35. The van der Waals surface area contributed by atoms with Crippen LogP contribution in [0.4, 0.5) is 11.4 Å². The van der Waals surface area contributed by atoms with Gasteiger partial charge in [-0.2, -0.15) is 0 Å². The van der Waals surface area contributed by atoms with Crippen LogP contribution >= 0.6 is 11.8 Å². The monoisotopic (exact) mass is 676 g/mol. The van der Waals surface area contributed by atoms with Gasteiger partial charge in [0.25, 0.3) is 21.6 Å². The van der Waals surface area contributed by atoms with Crippen LogP contribution in [0.25, 0.3) is 0 Å². The molecule has 0 aromatic heterocycles. The lowest BCUT2D eigenvalue weighted by Gasteiger charge is -2.23. The zero-order chi connectivity index (χ0) is 33.4. The second kappa shape index (κ2) is 15.1. The van der Waals surface area contributed by atoms with Gasteiger partial charge >= 0.3 is 5.97 Å². The number of esters is 1. The number of sulfonamides is 1. The molecular formula is C33H32N4O8S2. The normalized spacial score (nSPS) is 15.7. The number of amides is 1. The molecule has 47 heavy (non-hydrogen) atoms. The van der Waals surface area contributed by atoms with Gasteiger partial charge in [0.05, 0.1) is 15.4 Å². The third-order valence-electron chi connectivity index (χ3n) is 7.23. The molecule has 1 heterocycles. The molecule has 12 nitrogen and oxygen atoms in total. The number of cyclic esters (lactones) is 1. The van der Waals surface area contributed by atoms with Gasteiger partial charge in [-0.25, -0.2) is 17.9 Å². The quantitative estimate of drug-likeness (QED) is 0.0989. The number of carbonyl (C=O) groups is 2. The smallest absolute Gasteiger partial charge is 0.340 e. The highest BCUT2D eigenvalue weighted by Gasteiger charge is 2.31. The number of nitrogens with zero attached hydrogens (tertiary/aromatic N) is 2. The minimum Gasteiger partial charge on any atom is -0.461 e. The molecule has 0 saturated carbocycles. The number of hydrogen-bond donors (Lipinski definition) is 2. The number of nitro groups is 1. The van der Waals surface area contributed by atoms with Crippen molar-refractivity contribution in [1.29, 1.82) is 0 Å². The van der Waals surface area contributed by atoms with Gasteiger partial charge < -0.3 is 19.7 Å². The van der Waals surface area contributed by atoms with E-state index >= 15 is 0 Å². The molecular weight excluding hydrogens is 645 g/mol. The van der Waals surface area contributed by atoms with Crippen molar-refractivity contribution < 1.29 is 32.4 Å². The van der Waals surface area contributed by atoms with Gasteiger partial charge in [-0.05, 0) is 68.5 Å². The number of nitro benzene ring substituents is 1. The number of carbonyl (C=O) groups excluding carboxylic acids is 2. The molecule has 1 aliphatic rings. The number of rotatable bonds is 9. The summed E-state index contributed by atoms with van der Waals surface area (Å²) in [5.41, 5.74) is -1.16. The largest absolute Gasteiger partial charge is 0.461 e. The van der Waals surface area contributed by atoms with Crippen molar-refractivity contribution in [2.75, 3.05) is 37.8 Å². The molecule has 1 atom stereocenters. The molecule has 0 radical (unpaired) electrons. The Morgan fingerprint density at radius 1 is 1.02 bits per heavy atom. The number of fused-ring (bicyclic) bond motifs is 1. The van der Waals surface area contributed by atoms with Crippen LogP contribution in [-0.2, 0) is 14.8 Å². The summed E-state index contributed by atoms with van der Waals surface area (Å²) in [4.78, 5) is 40.3. The summed E-state index contributed by atoms with van der Waals surface area (Å²) in [7, 11) is -2.82. The fourth-order valence-electron chi connectivity index (χ4n) is 4.75. The third-order valence-corrected chi connectivity index (χ3v) is 9.71. The first kappa shape index (κ1) is 33.4. The van der Waals surface area contributed by atoms with E-state index in [-0.39, 0.29) is 29.5 Å². The summed E-state index contributed by atoms with van der Waals surface area (Å²) in [6.07, 6.45) is 0.574. The lowest BCUT2D eigenvalue weighted by Crippen LogP contribution is -2.31. The van der Waals surface area contributed by atoms with Crippen molar-refractivity contribution in [2.24, 2.45) is 0 Å². The van der Waals surface area contributed by atoms with E-state index in [1.807, 2.05) is 53.1 Å². The van der Waals surface area contributed by atoms with Crippen molar-refractivity contribution in [1.82, 2.24) is 9.62 Å². The van der Waals surface area contributed by atoms with Crippen molar-refractivity contribution in [3.8, 4) is 11.5 Å². The van der Waals surface area contributed by atoms with Crippen molar-refractivity contribution >= 4 is 45.0 Å². The van der Waals surface area contributed by atoms with Crippen LogP contribution < -0.4 is 14.8 Å². The number of para-hydroxylation sites is 1. The molecule has 0 bridgehead atoms. The Bertz CT molecular complexity index is 1860. The first-order chi connectivity index (χ1) is 22.6. The van der Waals surface area contributed by atoms with Gasteiger partial charge in [0.15, 0.2) is 0 Å². The summed E-state index contributed by atoms with van der Waals surface area (Å²) in [6.45, 7) is 1.01. The molecule has 0 aliphatic carbocycles. The number of nitrogens with one attached hydrogen (secondary N) is 2. The number of ether oxygens (including phenoxy) is 2. The van der Waals surface area contributed by atoms with Crippen LogP contribution in [-0.4, -0.2) is 68.7 Å². The molecule has 0 unspecified atom stereocenters. The van der Waals surface area contributed by atoms with Crippen LogP contribution in [0, 0.1) is 10.1 Å². The second-order valence-corrected chi connectivity index (χ2v) is 13.5. The summed E-state index contributed by atoms with van der Waals surface area (Å²) in [5.74, 6) is -0.618. The fourth-order valence-corrected chi connectivity index (χ4v) is 6.77. The van der Waals surface area contributed by atoms with E-state index in [1.54, 1.807) is 42.1 Å². The molecule has 4 aromatic rings. The number of benzene rings is 4. The maximum absolute atomic E-state index is 13.5. The molecule has 1 amide bonds. The highest BCUT2D eigenvalue weighted by atomic mass is 32.2. The number of hydrogen-bond acceptors (Lipinski definition) is 11. The SMILES string of the molecule is CN1CCOC(=O)c2cc(S(=O)(=O)NC(=O)c3cccc(Oc4ccccc4)c3)cc([N+](=O)[O-])c2N[C@@H](CSc2ccccc2)CC1. The van der Waals surface area contributed by atoms with E-state index in [4.69, 9.17) is 9.47 Å². The van der Waals surface area contributed by atoms with Crippen LogP contribution in [0.3, 0.4) is 0 Å². The highest BCUT2D eigenvalue weighted by molar-refractivity contribution is 7.99. The standard InChI is InChI=1S/C33H32N4O8S2/c1-36-16-15-24(22-46-27-13-6-3-7-14-27)34-31-29(33(39)44-18-17-36)20-28(21-30(31)37(40)41)47(42,43)35-32(38)23-9-8-12-26(19-23)45-25-10-4-2-5-11-25/h2-14,19-21,24,34H,15-18,22H2,1H3,(H,35,38)/t24-/m1/s1. The molecule has 5 rings (SSSR count). The van der Waals surface area contributed by atoms with E-state index in [1.165, 1.54) is 18.2 Å². The Morgan fingerprint density at radius 3 is 2.45 bits per heavy atom.